The van der Waals surface area contributed by atoms with Gasteiger partial charge in [0.25, 0.3) is 5.91 Å². The summed E-state index contributed by atoms with van der Waals surface area (Å²) >= 11 is 0. The van der Waals surface area contributed by atoms with E-state index in [1.165, 1.54) is 14.0 Å². The fourth-order valence-corrected chi connectivity index (χ4v) is 2.75. The number of ketones is 1. The zero-order valence-electron chi connectivity index (χ0n) is 15.6. The van der Waals surface area contributed by atoms with Crippen molar-refractivity contribution in [2.45, 2.75) is 20.0 Å². The molecule has 0 saturated carbocycles. The maximum atomic E-state index is 12.3. The minimum absolute atomic E-state index is 0.0884. The third-order valence-corrected chi connectivity index (χ3v) is 5.12. The number of carbonyl (C=O) groups excluding carboxylic acids is 2. The summed E-state index contributed by atoms with van der Waals surface area (Å²) in [5.74, 6) is -0.0247. The van der Waals surface area contributed by atoms with Gasteiger partial charge in [0.1, 0.15) is 5.75 Å². The number of benzene rings is 2. The van der Waals surface area contributed by atoms with E-state index in [0.717, 1.165) is 10.6 Å². The fraction of sp³-hybridized carbons (Fsp3) is 0.263. The van der Waals surface area contributed by atoms with Crippen LogP contribution in [-0.4, -0.2) is 39.5 Å². The highest BCUT2D eigenvalue weighted by Crippen LogP contribution is 2.21. The predicted octanol–water partition coefficient (Wildman–Crippen LogP) is 2.69. The summed E-state index contributed by atoms with van der Waals surface area (Å²) in [6.07, 6.45) is 0.328. The van der Waals surface area contributed by atoms with Crippen LogP contribution < -0.4 is 14.4 Å². The molecule has 8 heteroatoms. The van der Waals surface area contributed by atoms with Gasteiger partial charge in [0.15, 0.2) is 11.9 Å². The van der Waals surface area contributed by atoms with Crippen LogP contribution in [0.15, 0.2) is 48.5 Å². The van der Waals surface area contributed by atoms with Crippen LogP contribution in [0.1, 0.15) is 24.2 Å². The molecule has 0 fully saturated rings. The molecule has 2 aromatic carbocycles. The first-order valence-electron chi connectivity index (χ1n) is 8.20. The lowest BCUT2D eigenvalue weighted by atomic mass is 10.1. The summed E-state index contributed by atoms with van der Waals surface area (Å²) in [5.41, 5.74) is 1.50. The van der Waals surface area contributed by atoms with Crippen LogP contribution in [0.25, 0.3) is 0 Å². The topological polar surface area (TPSA) is 92.8 Å². The van der Waals surface area contributed by atoms with Gasteiger partial charge in [0.05, 0.1) is 11.9 Å². The molecule has 0 aliphatic heterocycles. The largest absolute Gasteiger partial charge is 0.481 e. The highest BCUT2D eigenvalue weighted by Gasteiger charge is 2.16. The Balaban J connectivity index is 2.02. The molecule has 0 unspecified atom stereocenters. The molecule has 1 atom stereocenters. The van der Waals surface area contributed by atoms with Crippen LogP contribution in [0.5, 0.6) is 5.75 Å². The number of hydrogen-bond donors (Lipinski definition) is 1. The van der Waals surface area contributed by atoms with E-state index in [2.05, 4.69) is 5.32 Å². The highest BCUT2D eigenvalue weighted by molar-refractivity contribution is 7.92. The van der Waals surface area contributed by atoms with Crippen molar-refractivity contribution in [2.75, 3.05) is 22.9 Å². The van der Waals surface area contributed by atoms with Crippen molar-refractivity contribution in [1.82, 2.24) is 0 Å². The normalized spacial score (nSPS) is 12.1. The molecule has 2 aromatic rings. The average molecular weight is 390 g/mol. The van der Waals surface area contributed by atoms with E-state index in [1.54, 1.807) is 55.5 Å². The third kappa shape index (κ3) is 5.55. The lowest BCUT2D eigenvalue weighted by Gasteiger charge is -2.18. The average Bonchev–Trinajstić information content (AvgIpc) is 2.61. The van der Waals surface area contributed by atoms with Gasteiger partial charge in [-0.2, -0.15) is 0 Å². The first-order valence-corrected chi connectivity index (χ1v) is 10.1. The first kappa shape index (κ1) is 20.4. The smallest absolute Gasteiger partial charge is 0.265 e. The minimum atomic E-state index is -3.35. The highest BCUT2D eigenvalue weighted by atomic mass is 32.2. The fourth-order valence-electron chi connectivity index (χ4n) is 2.24. The van der Waals surface area contributed by atoms with Gasteiger partial charge in [-0.1, -0.05) is 12.1 Å². The van der Waals surface area contributed by atoms with Crippen molar-refractivity contribution in [3.8, 4) is 5.75 Å². The Bertz CT molecular complexity index is 939. The molecule has 0 spiro atoms. The van der Waals surface area contributed by atoms with Crippen molar-refractivity contribution in [2.24, 2.45) is 0 Å². The van der Waals surface area contributed by atoms with E-state index in [1.807, 2.05) is 0 Å². The Morgan fingerprint density at radius 2 is 1.74 bits per heavy atom. The van der Waals surface area contributed by atoms with Gasteiger partial charge in [-0.15, -0.1) is 0 Å². The molecule has 0 radical (unpaired) electrons. The standard InChI is InChI=1S/C19H22N2O5S/c1-13(22)15-6-5-7-16(12-15)20-19(23)14(2)26-18-10-8-17(9-11-18)21(3)27(4,24)25/h5-12,14H,1-4H3,(H,20,23)/t14-/m0/s1. The molecule has 0 heterocycles. The van der Waals surface area contributed by atoms with Gasteiger partial charge in [-0.25, -0.2) is 8.42 Å². The number of rotatable bonds is 7. The Morgan fingerprint density at radius 1 is 1.11 bits per heavy atom. The molecule has 0 aromatic heterocycles. The van der Waals surface area contributed by atoms with E-state index < -0.39 is 16.1 Å². The zero-order chi connectivity index (χ0) is 20.2. The lowest BCUT2D eigenvalue weighted by molar-refractivity contribution is -0.122. The van der Waals surface area contributed by atoms with Crippen molar-refractivity contribution < 1.29 is 22.7 Å². The van der Waals surface area contributed by atoms with Crippen LogP contribution in [-0.2, 0) is 14.8 Å². The SMILES string of the molecule is CC(=O)c1cccc(NC(=O)[C@H](C)Oc2ccc(N(C)S(C)(=O)=O)cc2)c1. The van der Waals surface area contributed by atoms with Gasteiger partial charge in [0, 0.05) is 18.3 Å². The summed E-state index contributed by atoms with van der Waals surface area (Å²) in [6.45, 7) is 3.05. The van der Waals surface area contributed by atoms with Crippen LogP contribution in [0.3, 0.4) is 0 Å². The zero-order valence-corrected chi connectivity index (χ0v) is 16.4. The number of nitrogens with zero attached hydrogens (tertiary/aromatic N) is 1. The van der Waals surface area contributed by atoms with Crippen molar-refractivity contribution in [3.63, 3.8) is 0 Å². The maximum Gasteiger partial charge on any atom is 0.265 e. The number of anilines is 2. The number of carbonyl (C=O) groups is 2. The van der Waals surface area contributed by atoms with E-state index in [0.29, 0.717) is 22.7 Å². The van der Waals surface area contributed by atoms with Crippen LogP contribution in [0.4, 0.5) is 11.4 Å². The molecule has 2 rings (SSSR count). The maximum absolute atomic E-state index is 12.3. The summed E-state index contributed by atoms with van der Waals surface area (Å²) in [5, 5.41) is 2.70. The molecule has 144 valence electrons. The molecular weight excluding hydrogens is 368 g/mol. The first-order chi connectivity index (χ1) is 12.6. The van der Waals surface area contributed by atoms with Gasteiger partial charge in [-0.05, 0) is 50.2 Å². The molecule has 0 saturated heterocycles. The van der Waals surface area contributed by atoms with Gasteiger partial charge < -0.3 is 10.1 Å². The molecule has 27 heavy (non-hydrogen) atoms. The number of ether oxygens (including phenoxy) is 1. The predicted molar refractivity (Wildman–Crippen MR) is 105 cm³/mol. The molecule has 0 bridgehead atoms. The summed E-state index contributed by atoms with van der Waals surface area (Å²) < 4.78 is 29.8. The van der Waals surface area contributed by atoms with Crippen LogP contribution in [0, 0.1) is 0 Å². The third-order valence-electron chi connectivity index (χ3n) is 3.92. The number of hydrogen-bond acceptors (Lipinski definition) is 5. The van der Waals surface area contributed by atoms with E-state index in [-0.39, 0.29) is 11.7 Å². The Hall–Kier alpha value is -2.87. The lowest BCUT2D eigenvalue weighted by Crippen LogP contribution is -2.30. The molecule has 0 aliphatic carbocycles. The van der Waals surface area contributed by atoms with E-state index >= 15 is 0 Å². The van der Waals surface area contributed by atoms with Gasteiger partial charge in [-0.3, -0.25) is 13.9 Å². The molecule has 1 amide bonds. The molecule has 0 aliphatic rings. The van der Waals surface area contributed by atoms with Gasteiger partial charge in [0.2, 0.25) is 10.0 Å². The molecule has 7 nitrogen and oxygen atoms in total. The second-order valence-corrected chi connectivity index (χ2v) is 8.12. The van der Waals surface area contributed by atoms with Crippen molar-refractivity contribution in [3.05, 3.63) is 54.1 Å². The summed E-state index contributed by atoms with van der Waals surface area (Å²) in [7, 11) is -1.89. The molecular formula is C19H22N2O5S. The number of amides is 1. The second kappa shape index (κ2) is 8.22. The van der Waals surface area contributed by atoms with E-state index in [4.69, 9.17) is 4.74 Å². The van der Waals surface area contributed by atoms with Crippen LogP contribution in [0.2, 0.25) is 0 Å². The number of sulfonamides is 1. The monoisotopic (exact) mass is 390 g/mol. The molecule has 1 N–H and O–H groups in total. The van der Waals surface area contributed by atoms with E-state index in [9.17, 15) is 18.0 Å². The minimum Gasteiger partial charge on any atom is -0.481 e. The second-order valence-electron chi connectivity index (χ2n) is 6.11. The Labute approximate surface area is 159 Å². The van der Waals surface area contributed by atoms with Crippen molar-refractivity contribution in [1.29, 1.82) is 0 Å². The Kier molecular flexibility index (Phi) is 6.22. The summed E-state index contributed by atoms with van der Waals surface area (Å²) in [6, 6.07) is 13.0. The van der Waals surface area contributed by atoms with Crippen molar-refractivity contribution >= 4 is 33.1 Å². The number of nitrogens with one attached hydrogen (secondary N) is 1. The van der Waals surface area contributed by atoms with Crippen LogP contribution >= 0.6 is 0 Å². The number of Topliss-reactive ketones (excluding diaryl/α,β-unsaturated/α-hetero) is 1. The summed E-state index contributed by atoms with van der Waals surface area (Å²) in [4.78, 5) is 23.7. The quantitative estimate of drug-likeness (QED) is 0.734. The van der Waals surface area contributed by atoms with Gasteiger partial charge >= 0.3 is 0 Å². The Morgan fingerprint density at radius 3 is 2.30 bits per heavy atom.